The number of halogens is 8. The predicted molar refractivity (Wildman–Crippen MR) is 150 cm³/mol. The summed E-state index contributed by atoms with van der Waals surface area (Å²) in [7, 11) is -4.04. The molecule has 5 aromatic rings. The molecule has 5 rings (SSSR count). The molecule has 0 amide bonds. The van der Waals surface area contributed by atoms with Gasteiger partial charge in [-0.15, -0.1) is 0 Å². The zero-order valence-corrected chi connectivity index (χ0v) is 24.9. The molecule has 0 radical (unpaired) electrons. The molecule has 0 atom stereocenters. The van der Waals surface area contributed by atoms with Gasteiger partial charge in [0.25, 0.3) is 0 Å². The Balaban J connectivity index is 1.78. The number of rotatable bonds is 8. The molecule has 0 aliphatic rings. The number of hydrogen-bond donors (Lipinski definition) is 1. The Morgan fingerprint density at radius 1 is 1.02 bits per heavy atom. The normalized spacial score (nSPS) is 12.3. The van der Waals surface area contributed by atoms with Crippen molar-refractivity contribution in [2.45, 2.75) is 31.2 Å². The average molecular weight is 690 g/mol. The second kappa shape index (κ2) is 12.1. The number of aliphatic hydroxyl groups excluding tert-OH is 1. The van der Waals surface area contributed by atoms with Gasteiger partial charge in [-0.3, -0.25) is 0 Å². The van der Waals surface area contributed by atoms with Crippen molar-refractivity contribution in [1.82, 2.24) is 14.8 Å². The molecular formula is C29H19ClF7N3O5S. The lowest BCUT2D eigenvalue weighted by molar-refractivity contribution is -0.141. The number of aliphatic hydroxyl groups is 1. The van der Waals surface area contributed by atoms with Gasteiger partial charge in [-0.05, 0) is 53.6 Å². The highest BCUT2D eigenvalue weighted by Crippen LogP contribution is 2.41. The van der Waals surface area contributed by atoms with Gasteiger partial charge in [0.2, 0.25) is 0 Å². The van der Waals surface area contributed by atoms with Gasteiger partial charge >= 0.3 is 12.8 Å². The van der Waals surface area contributed by atoms with E-state index in [-0.39, 0.29) is 45.3 Å². The van der Waals surface area contributed by atoms with Crippen molar-refractivity contribution in [2.24, 2.45) is 0 Å². The Morgan fingerprint density at radius 2 is 1.70 bits per heavy atom. The summed E-state index contributed by atoms with van der Waals surface area (Å²) in [4.78, 5) is 3.75. The first-order valence-electron chi connectivity index (χ1n) is 12.8. The first-order valence-corrected chi connectivity index (χ1v) is 15.1. The highest BCUT2D eigenvalue weighted by molar-refractivity contribution is 7.90. The monoisotopic (exact) mass is 689 g/mol. The van der Waals surface area contributed by atoms with Crippen molar-refractivity contribution in [3.63, 3.8) is 0 Å². The number of sulfone groups is 1. The van der Waals surface area contributed by atoms with Crippen LogP contribution in [-0.4, -0.2) is 41.2 Å². The molecule has 0 bridgehead atoms. The number of aromatic nitrogens is 3. The highest BCUT2D eigenvalue weighted by Gasteiger charge is 2.37. The molecule has 2 aromatic heterocycles. The number of alkyl halides is 5. The van der Waals surface area contributed by atoms with Crippen LogP contribution in [0.5, 0.6) is 5.75 Å². The van der Waals surface area contributed by atoms with Gasteiger partial charge < -0.3 is 14.3 Å². The Labute approximate surface area is 260 Å². The van der Waals surface area contributed by atoms with Crippen LogP contribution in [0.25, 0.3) is 39.4 Å². The molecule has 242 valence electrons. The van der Waals surface area contributed by atoms with E-state index in [0.717, 1.165) is 41.4 Å². The third kappa shape index (κ3) is 6.45. The van der Waals surface area contributed by atoms with Crippen molar-refractivity contribution in [1.29, 1.82) is 0 Å². The fourth-order valence-electron chi connectivity index (χ4n) is 4.67. The van der Waals surface area contributed by atoms with Gasteiger partial charge in [0, 0.05) is 29.9 Å². The second-order valence-corrected chi connectivity index (χ2v) is 12.2. The molecule has 0 aliphatic carbocycles. The van der Waals surface area contributed by atoms with Crippen LogP contribution in [0.4, 0.5) is 30.7 Å². The van der Waals surface area contributed by atoms with Crippen LogP contribution in [0.15, 0.2) is 64.0 Å². The molecule has 0 unspecified atom stereocenters. The lowest BCUT2D eigenvalue weighted by Gasteiger charge is -2.14. The number of hydrogen-bond acceptors (Lipinski definition) is 7. The van der Waals surface area contributed by atoms with Gasteiger partial charge in [-0.2, -0.15) is 27.1 Å². The molecule has 2 heterocycles. The zero-order valence-electron chi connectivity index (χ0n) is 23.3. The molecule has 0 saturated carbocycles. The Kier molecular flexibility index (Phi) is 8.65. The van der Waals surface area contributed by atoms with Crippen LogP contribution in [0.3, 0.4) is 0 Å². The van der Waals surface area contributed by atoms with Gasteiger partial charge in [0.15, 0.2) is 38.7 Å². The topological polar surface area (TPSA) is 107 Å². The summed E-state index contributed by atoms with van der Waals surface area (Å²) >= 11 is 5.85. The highest BCUT2D eigenvalue weighted by atomic mass is 35.5. The van der Waals surface area contributed by atoms with E-state index in [1.807, 2.05) is 0 Å². The fourth-order valence-corrected chi connectivity index (χ4v) is 5.86. The third-order valence-electron chi connectivity index (χ3n) is 6.63. The maximum atomic E-state index is 15.0. The summed E-state index contributed by atoms with van der Waals surface area (Å²) in [6.45, 7) is -2.81. The third-order valence-corrected chi connectivity index (χ3v) is 8.07. The van der Waals surface area contributed by atoms with Crippen molar-refractivity contribution < 1.29 is 53.4 Å². The molecule has 0 fully saturated rings. The minimum Gasteiger partial charge on any atom is -0.440 e. The van der Waals surface area contributed by atoms with Crippen molar-refractivity contribution in [3.8, 4) is 45.1 Å². The van der Waals surface area contributed by atoms with Crippen molar-refractivity contribution in [3.05, 3.63) is 88.5 Å². The van der Waals surface area contributed by atoms with Gasteiger partial charge in [-0.1, -0.05) is 17.7 Å². The Hall–Kier alpha value is -4.41. The summed E-state index contributed by atoms with van der Waals surface area (Å²) in [6, 6.07) is 8.92. The first-order chi connectivity index (χ1) is 21.5. The number of benzene rings is 3. The van der Waals surface area contributed by atoms with E-state index in [1.54, 1.807) is 0 Å². The van der Waals surface area contributed by atoms with Crippen LogP contribution in [-0.2, 0) is 22.6 Å². The SMILES string of the molecule is Cc1nc(-c2ccc(OC(F)F)c(F)c2)c(-c2cc(-c3cc(F)c(CO)c(S(C)(=O)=O)c3)ccc2-n2cc(Cl)c(C(F)(F)F)n2)o1. The molecular weight excluding hydrogens is 671 g/mol. The summed E-state index contributed by atoms with van der Waals surface area (Å²) in [6.07, 6.45) is -3.23. The molecule has 8 nitrogen and oxygen atoms in total. The van der Waals surface area contributed by atoms with Gasteiger partial charge in [0.1, 0.15) is 11.5 Å². The number of aryl methyl sites for hydroxylation is 1. The smallest absolute Gasteiger partial charge is 0.436 e. The summed E-state index contributed by atoms with van der Waals surface area (Å²) in [5.74, 6) is -3.14. The Bertz CT molecular complexity index is 2080. The lowest BCUT2D eigenvalue weighted by Crippen LogP contribution is -2.08. The minimum atomic E-state index is -4.93. The number of ether oxygens (including phenoxy) is 1. The van der Waals surface area contributed by atoms with Crippen molar-refractivity contribution >= 4 is 21.4 Å². The Morgan fingerprint density at radius 3 is 2.28 bits per heavy atom. The second-order valence-electron chi connectivity index (χ2n) is 9.80. The van der Waals surface area contributed by atoms with Gasteiger partial charge in [-0.25, -0.2) is 26.9 Å². The van der Waals surface area contributed by atoms with Crippen LogP contribution < -0.4 is 4.74 Å². The zero-order chi connectivity index (χ0) is 33.7. The van der Waals surface area contributed by atoms with Gasteiger partial charge in [0.05, 0.1) is 28.4 Å². The van der Waals surface area contributed by atoms with E-state index >= 15 is 4.39 Å². The molecule has 46 heavy (non-hydrogen) atoms. The summed E-state index contributed by atoms with van der Waals surface area (Å²) in [5.41, 5.74) is -1.95. The first kappa shape index (κ1) is 33.0. The number of nitrogens with zero attached hydrogens (tertiary/aromatic N) is 3. The summed E-state index contributed by atoms with van der Waals surface area (Å²) in [5, 5.41) is 12.4. The van der Waals surface area contributed by atoms with Crippen LogP contribution in [0.1, 0.15) is 17.1 Å². The maximum absolute atomic E-state index is 15.0. The van der Waals surface area contributed by atoms with E-state index < -0.39 is 67.8 Å². The molecule has 0 saturated heterocycles. The van der Waals surface area contributed by atoms with E-state index in [0.29, 0.717) is 0 Å². The molecule has 1 N–H and O–H groups in total. The quantitative estimate of drug-likeness (QED) is 0.167. The van der Waals surface area contributed by atoms with E-state index in [4.69, 9.17) is 16.0 Å². The van der Waals surface area contributed by atoms with Crippen LogP contribution in [0, 0.1) is 18.6 Å². The predicted octanol–water partition coefficient (Wildman–Crippen LogP) is 7.62. The van der Waals surface area contributed by atoms with E-state index in [9.17, 15) is 39.9 Å². The van der Waals surface area contributed by atoms with Crippen LogP contribution in [0.2, 0.25) is 5.02 Å². The summed E-state index contributed by atoms with van der Waals surface area (Å²) < 4.78 is 131. The minimum absolute atomic E-state index is 0.00172. The van der Waals surface area contributed by atoms with E-state index in [2.05, 4.69) is 14.8 Å². The largest absolute Gasteiger partial charge is 0.440 e. The molecule has 0 spiro atoms. The molecule has 3 aromatic carbocycles. The molecule has 17 heteroatoms. The van der Waals surface area contributed by atoms with Crippen LogP contribution >= 0.6 is 11.6 Å². The average Bonchev–Trinajstić information content (AvgIpc) is 3.55. The molecule has 0 aliphatic heterocycles. The maximum Gasteiger partial charge on any atom is 0.436 e. The van der Waals surface area contributed by atoms with E-state index in [1.165, 1.54) is 31.2 Å². The number of oxazole rings is 1. The standard InChI is InChI=1S/C29H19ClF7N3O5S/c1-13-38-25(15-4-6-23(21(32)8-15)45-28(33)34)26(44-13)17-7-14(16-9-20(31)18(12-41)24(10-16)46(2,42)43)3-5-22(17)40-11-19(30)27(39-40)29(35,36)37/h3-11,28,41H,12H2,1-2H3. The van der Waals surface area contributed by atoms with Crippen molar-refractivity contribution in [2.75, 3.05) is 6.26 Å². The fraction of sp³-hybridized carbons (Fsp3) is 0.172. The lowest BCUT2D eigenvalue weighted by atomic mass is 9.97.